The maximum absolute atomic E-state index is 12.0. The fraction of sp³-hybridized carbons (Fsp3) is 0.250. The van der Waals surface area contributed by atoms with Crippen molar-refractivity contribution in [3.05, 3.63) is 36.3 Å². The Kier molecular flexibility index (Phi) is 2.68. The number of aryl methyl sites for hydroxylation is 1. The average Bonchev–Trinajstić information content (AvgIpc) is 2.84. The van der Waals surface area contributed by atoms with Gasteiger partial charge in [0.1, 0.15) is 0 Å². The second-order valence-electron chi connectivity index (χ2n) is 3.98. The molecule has 1 N–H and O–H groups in total. The summed E-state index contributed by atoms with van der Waals surface area (Å²) in [7, 11) is 0. The second-order valence-corrected chi connectivity index (χ2v) is 3.98. The van der Waals surface area contributed by atoms with E-state index < -0.39 is 0 Å². The summed E-state index contributed by atoms with van der Waals surface area (Å²) in [5, 5.41) is 6.97. The van der Waals surface area contributed by atoms with E-state index in [0.717, 1.165) is 13.0 Å². The quantitative estimate of drug-likeness (QED) is 0.864. The zero-order chi connectivity index (χ0) is 12.4. The molecule has 6 nitrogen and oxygen atoms in total. The van der Waals surface area contributed by atoms with Crippen LogP contribution in [-0.4, -0.2) is 27.3 Å². The summed E-state index contributed by atoms with van der Waals surface area (Å²) in [4.78, 5) is 15.9. The third-order valence-electron chi connectivity index (χ3n) is 2.68. The first-order valence-electron chi connectivity index (χ1n) is 5.75. The zero-order valence-electron chi connectivity index (χ0n) is 9.67. The number of hydrogen-bond donors (Lipinski definition) is 1. The van der Waals surface area contributed by atoms with Gasteiger partial charge in [-0.2, -0.15) is 5.10 Å². The van der Waals surface area contributed by atoms with Crippen molar-refractivity contribution in [3.63, 3.8) is 0 Å². The largest absolute Gasteiger partial charge is 0.478 e. The lowest BCUT2D eigenvalue weighted by Gasteiger charge is -2.13. The van der Waals surface area contributed by atoms with Crippen molar-refractivity contribution in [1.29, 1.82) is 0 Å². The van der Waals surface area contributed by atoms with Crippen molar-refractivity contribution in [2.75, 3.05) is 11.9 Å². The van der Waals surface area contributed by atoms with E-state index in [0.29, 0.717) is 23.9 Å². The molecule has 0 saturated heterocycles. The first-order valence-corrected chi connectivity index (χ1v) is 5.75. The Morgan fingerprint density at radius 1 is 1.39 bits per heavy atom. The molecule has 0 atom stereocenters. The molecule has 0 spiro atoms. The van der Waals surface area contributed by atoms with Gasteiger partial charge in [0.25, 0.3) is 5.91 Å². The van der Waals surface area contributed by atoms with Gasteiger partial charge in [-0.15, -0.1) is 0 Å². The molecular weight excluding hydrogens is 232 g/mol. The number of rotatable bonds is 2. The van der Waals surface area contributed by atoms with E-state index in [9.17, 15) is 4.79 Å². The molecular formula is C12H12N4O2. The monoisotopic (exact) mass is 244 g/mol. The van der Waals surface area contributed by atoms with Crippen LogP contribution >= 0.6 is 0 Å². The van der Waals surface area contributed by atoms with Crippen LogP contribution in [0.3, 0.4) is 0 Å². The molecule has 3 rings (SSSR count). The Labute approximate surface area is 104 Å². The van der Waals surface area contributed by atoms with Crippen LogP contribution in [0, 0.1) is 0 Å². The summed E-state index contributed by atoms with van der Waals surface area (Å²) in [6.07, 6.45) is 4.16. The van der Waals surface area contributed by atoms with E-state index in [2.05, 4.69) is 15.4 Å². The molecule has 1 aliphatic heterocycles. The molecule has 0 radical (unpaired) electrons. The fourth-order valence-electron chi connectivity index (χ4n) is 1.81. The summed E-state index contributed by atoms with van der Waals surface area (Å²) in [5.41, 5.74) is 1.06. The summed E-state index contributed by atoms with van der Waals surface area (Å²) in [5.74, 6) is 0.410. The number of hydrogen-bond acceptors (Lipinski definition) is 4. The standard InChI is InChI=1S/C12H12N4O2/c17-12(14-9-2-4-13-5-3-9)10-8-11-16(15-10)6-1-7-18-11/h2-5,8H,1,6-7H2,(H,13,14,17). The van der Waals surface area contributed by atoms with Crippen LogP contribution in [0.15, 0.2) is 30.6 Å². The summed E-state index contributed by atoms with van der Waals surface area (Å²) in [6, 6.07) is 5.12. The van der Waals surface area contributed by atoms with Crippen LogP contribution in [0.1, 0.15) is 16.9 Å². The van der Waals surface area contributed by atoms with E-state index >= 15 is 0 Å². The van der Waals surface area contributed by atoms with Gasteiger partial charge in [0.2, 0.25) is 5.88 Å². The number of nitrogens with zero attached hydrogens (tertiary/aromatic N) is 3. The molecule has 6 heteroatoms. The molecule has 0 fully saturated rings. The molecule has 1 amide bonds. The van der Waals surface area contributed by atoms with Crippen molar-refractivity contribution < 1.29 is 9.53 Å². The highest BCUT2D eigenvalue weighted by Gasteiger charge is 2.17. The van der Waals surface area contributed by atoms with Crippen LogP contribution in [0.25, 0.3) is 0 Å². The number of ether oxygens (including phenoxy) is 1. The van der Waals surface area contributed by atoms with Crippen LogP contribution in [-0.2, 0) is 6.54 Å². The Bertz CT molecular complexity index is 541. The molecule has 0 bridgehead atoms. The smallest absolute Gasteiger partial charge is 0.276 e. The van der Waals surface area contributed by atoms with Gasteiger partial charge in [0, 0.05) is 37.1 Å². The Morgan fingerprint density at radius 2 is 2.22 bits per heavy atom. The number of nitrogens with one attached hydrogen (secondary N) is 1. The first kappa shape index (κ1) is 10.8. The fourth-order valence-corrected chi connectivity index (χ4v) is 1.81. The molecule has 1 aliphatic rings. The summed E-state index contributed by atoms with van der Waals surface area (Å²) < 4.78 is 7.13. The topological polar surface area (TPSA) is 69.0 Å². The third-order valence-corrected chi connectivity index (χ3v) is 2.68. The SMILES string of the molecule is O=C(Nc1ccncc1)c1cc2n(n1)CCCO2. The van der Waals surface area contributed by atoms with E-state index in [1.165, 1.54) is 0 Å². The van der Waals surface area contributed by atoms with Crippen LogP contribution in [0.5, 0.6) is 5.88 Å². The predicted octanol–water partition coefficient (Wildman–Crippen LogP) is 1.31. The highest BCUT2D eigenvalue weighted by Crippen LogP contribution is 2.19. The molecule has 92 valence electrons. The van der Waals surface area contributed by atoms with Gasteiger partial charge in [-0.25, -0.2) is 4.68 Å². The lowest BCUT2D eigenvalue weighted by atomic mass is 10.3. The Balaban J connectivity index is 1.78. The number of amides is 1. The Morgan fingerprint density at radius 3 is 3.00 bits per heavy atom. The van der Waals surface area contributed by atoms with Crippen molar-refractivity contribution in [2.24, 2.45) is 0 Å². The van der Waals surface area contributed by atoms with Crippen LogP contribution in [0.2, 0.25) is 0 Å². The van der Waals surface area contributed by atoms with E-state index in [-0.39, 0.29) is 5.91 Å². The highest BCUT2D eigenvalue weighted by atomic mass is 16.5. The van der Waals surface area contributed by atoms with Crippen LogP contribution < -0.4 is 10.1 Å². The molecule has 2 aromatic heterocycles. The lowest BCUT2D eigenvalue weighted by molar-refractivity contribution is 0.102. The van der Waals surface area contributed by atoms with E-state index in [1.54, 1.807) is 35.3 Å². The van der Waals surface area contributed by atoms with Gasteiger partial charge >= 0.3 is 0 Å². The maximum Gasteiger partial charge on any atom is 0.276 e. The number of aromatic nitrogens is 3. The molecule has 3 heterocycles. The highest BCUT2D eigenvalue weighted by molar-refractivity contribution is 6.03. The first-order chi connectivity index (χ1) is 8.83. The minimum absolute atomic E-state index is 0.244. The molecule has 0 saturated carbocycles. The Hall–Kier alpha value is -2.37. The van der Waals surface area contributed by atoms with Gasteiger partial charge in [0.15, 0.2) is 5.69 Å². The lowest BCUT2D eigenvalue weighted by Crippen LogP contribution is -2.16. The molecule has 0 unspecified atom stereocenters. The average molecular weight is 244 g/mol. The second kappa shape index (κ2) is 4.48. The number of fused-ring (bicyclic) bond motifs is 1. The minimum atomic E-state index is -0.244. The number of pyridine rings is 1. The summed E-state index contributed by atoms with van der Waals surface area (Å²) >= 11 is 0. The number of carbonyl (C=O) groups excluding carboxylic acids is 1. The van der Waals surface area contributed by atoms with Crippen LogP contribution in [0.4, 0.5) is 5.69 Å². The molecule has 18 heavy (non-hydrogen) atoms. The number of carbonyl (C=O) groups is 1. The van der Waals surface area contributed by atoms with Crippen molar-refractivity contribution in [2.45, 2.75) is 13.0 Å². The summed E-state index contributed by atoms with van der Waals surface area (Å²) in [6.45, 7) is 1.47. The van der Waals surface area contributed by atoms with Crippen molar-refractivity contribution in [1.82, 2.24) is 14.8 Å². The van der Waals surface area contributed by atoms with Gasteiger partial charge in [0.05, 0.1) is 6.61 Å². The third kappa shape index (κ3) is 2.04. The molecule has 0 aromatic carbocycles. The maximum atomic E-state index is 12.0. The minimum Gasteiger partial charge on any atom is -0.478 e. The zero-order valence-corrected chi connectivity index (χ0v) is 9.67. The van der Waals surface area contributed by atoms with Gasteiger partial charge in [-0.05, 0) is 12.1 Å². The van der Waals surface area contributed by atoms with Gasteiger partial charge in [-0.3, -0.25) is 9.78 Å². The van der Waals surface area contributed by atoms with Crippen molar-refractivity contribution in [3.8, 4) is 5.88 Å². The van der Waals surface area contributed by atoms with E-state index in [1.807, 2.05) is 0 Å². The van der Waals surface area contributed by atoms with Gasteiger partial charge in [-0.1, -0.05) is 0 Å². The van der Waals surface area contributed by atoms with E-state index in [4.69, 9.17) is 4.74 Å². The van der Waals surface area contributed by atoms with Crippen molar-refractivity contribution >= 4 is 11.6 Å². The molecule has 0 aliphatic carbocycles. The number of anilines is 1. The normalized spacial score (nSPS) is 13.6. The molecule has 2 aromatic rings. The predicted molar refractivity (Wildman–Crippen MR) is 64.5 cm³/mol. The van der Waals surface area contributed by atoms with Gasteiger partial charge < -0.3 is 10.1 Å².